The zero-order chi connectivity index (χ0) is 13.9. The fourth-order valence-corrected chi connectivity index (χ4v) is 2.42. The van der Waals surface area contributed by atoms with E-state index in [0.717, 1.165) is 0 Å². The van der Waals surface area contributed by atoms with E-state index in [1.807, 2.05) is 0 Å². The second kappa shape index (κ2) is 5.15. The van der Waals surface area contributed by atoms with Gasteiger partial charge < -0.3 is 10.2 Å². The van der Waals surface area contributed by atoms with Crippen LogP contribution in [0.25, 0.3) is 0 Å². The first-order valence-electron chi connectivity index (χ1n) is 4.72. The van der Waals surface area contributed by atoms with E-state index >= 15 is 0 Å². The Balaban J connectivity index is 3.37. The van der Waals surface area contributed by atoms with E-state index in [0.29, 0.717) is 0 Å². The van der Waals surface area contributed by atoms with Gasteiger partial charge >= 0.3 is 11.9 Å². The Morgan fingerprint density at radius 2 is 1.50 bits per heavy atom. The third kappa shape index (κ3) is 3.05. The van der Waals surface area contributed by atoms with Crippen molar-refractivity contribution in [2.75, 3.05) is 0 Å². The van der Waals surface area contributed by atoms with E-state index in [2.05, 4.69) is 0 Å². The van der Waals surface area contributed by atoms with Gasteiger partial charge in [-0.2, -0.15) is 8.42 Å². The summed E-state index contributed by atoms with van der Waals surface area (Å²) in [6, 6.07) is 6.99. The van der Waals surface area contributed by atoms with Crippen LogP contribution >= 0.6 is 0 Å². The average molecular weight is 274 g/mol. The number of carbonyl (C=O) groups is 2. The minimum Gasteiger partial charge on any atom is -0.481 e. The molecule has 0 heterocycles. The number of benzene rings is 1. The predicted molar refractivity (Wildman–Crippen MR) is 59.8 cm³/mol. The van der Waals surface area contributed by atoms with Crippen molar-refractivity contribution < 1.29 is 32.8 Å². The summed E-state index contributed by atoms with van der Waals surface area (Å²) in [5.41, 5.74) is -0.0185. The highest BCUT2D eigenvalue weighted by atomic mass is 32.2. The Hall–Kier alpha value is -1.93. The van der Waals surface area contributed by atoms with E-state index in [1.165, 1.54) is 24.3 Å². The summed E-state index contributed by atoms with van der Waals surface area (Å²) in [7, 11) is -5.04. The molecule has 2 atom stereocenters. The molecule has 0 aliphatic carbocycles. The van der Waals surface area contributed by atoms with Gasteiger partial charge in [-0.3, -0.25) is 14.1 Å². The van der Waals surface area contributed by atoms with Gasteiger partial charge in [0.15, 0.2) is 0 Å². The molecule has 1 aromatic carbocycles. The molecule has 8 heteroatoms. The monoisotopic (exact) mass is 274 g/mol. The summed E-state index contributed by atoms with van der Waals surface area (Å²) in [6.45, 7) is 0. The molecule has 18 heavy (non-hydrogen) atoms. The van der Waals surface area contributed by atoms with Crippen LogP contribution in [-0.4, -0.2) is 40.4 Å². The molecule has 0 radical (unpaired) electrons. The van der Waals surface area contributed by atoms with Crippen molar-refractivity contribution in [2.24, 2.45) is 0 Å². The molecular formula is C10H10O7S. The van der Waals surface area contributed by atoms with Gasteiger partial charge in [-0.15, -0.1) is 0 Å². The molecule has 0 bridgehead atoms. The Labute approximate surface area is 102 Å². The lowest BCUT2D eigenvalue weighted by Crippen LogP contribution is -2.39. The Kier molecular flexibility index (Phi) is 4.04. The maximum Gasteiger partial charge on any atom is 0.325 e. The Morgan fingerprint density at radius 3 is 1.83 bits per heavy atom. The second-order valence-corrected chi connectivity index (χ2v) is 5.04. The van der Waals surface area contributed by atoms with E-state index < -0.39 is 33.2 Å². The number of rotatable bonds is 5. The fraction of sp³-hybridized carbons (Fsp3) is 0.200. The average Bonchev–Trinajstić information content (AvgIpc) is 2.24. The molecule has 7 nitrogen and oxygen atoms in total. The summed E-state index contributed by atoms with van der Waals surface area (Å²) in [4.78, 5) is 21.9. The first-order chi connectivity index (χ1) is 8.25. The number of hydrogen-bond acceptors (Lipinski definition) is 4. The van der Waals surface area contributed by atoms with E-state index in [9.17, 15) is 18.0 Å². The van der Waals surface area contributed by atoms with Gasteiger partial charge in [-0.1, -0.05) is 30.3 Å². The fourth-order valence-electron chi connectivity index (χ4n) is 1.55. The van der Waals surface area contributed by atoms with Crippen molar-refractivity contribution in [3.63, 3.8) is 0 Å². The van der Waals surface area contributed by atoms with Crippen LogP contribution in [0.15, 0.2) is 30.3 Å². The first-order valence-corrected chi connectivity index (χ1v) is 6.22. The topological polar surface area (TPSA) is 129 Å². The van der Waals surface area contributed by atoms with Crippen LogP contribution in [0.2, 0.25) is 0 Å². The van der Waals surface area contributed by atoms with Gasteiger partial charge in [-0.25, -0.2) is 0 Å². The highest BCUT2D eigenvalue weighted by Gasteiger charge is 2.44. The van der Waals surface area contributed by atoms with Crippen molar-refractivity contribution in [3.8, 4) is 0 Å². The van der Waals surface area contributed by atoms with E-state index in [4.69, 9.17) is 14.8 Å². The summed E-state index contributed by atoms with van der Waals surface area (Å²) in [6.07, 6.45) is 0. The second-order valence-electron chi connectivity index (χ2n) is 3.50. The van der Waals surface area contributed by atoms with Gasteiger partial charge in [0.05, 0.1) is 0 Å². The van der Waals surface area contributed by atoms with Crippen LogP contribution in [0.4, 0.5) is 0 Å². The molecule has 0 fully saturated rings. The van der Waals surface area contributed by atoms with Gasteiger partial charge in [0.25, 0.3) is 10.1 Å². The largest absolute Gasteiger partial charge is 0.481 e. The zero-order valence-corrected chi connectivity index (χ0v) is 9.74. The molecule has 1 aromatic rings. The van der Waals surface area contributed by atoms with Gasteiger partial charge in [-0.05, 0) is 5.56 Å². The van der Waals surface area contributed by atoms with Gasteiger partial charge in [0.1, 0.15) is 5.92 Å². The van der Waals surface area contributed by atoms with Gasteiger partial charge in [0, 0.05) is 0 Å². The molecule has 98 valence electrons. The van der Waals surface area contributed by atoms with E-state index in [-0.39, 0.29) is 5.56 Å². The molecule has 1 rings (SSSR count). The standard InChI is InChI=1S/C10H10O7S/c11-9(12)7(6-4-2-1-3-5-6)8(10(13)14)18(15,16)17/h1-5,7-8H,(H,11,12)(H,13,14)(H,15,16,17). The van der Waals surface area contributed by atoms with Crippen LogP contribution in [0.3, 0.4) is 0 Å². The van der Waals surface area contributed by atoms with Crippen molar-refractivity contribution in [3.05, 3.63) is 35.9 Å². The molecule has 0 saturated carbocycles. The van der Waals surface area contributed by atoms with Crippen molar-refractivity contribution >= 4 is 22.1 Å². The van der Waals surface area contributed by atoms with Crippen molar-refractivity contribution in [2.45, 2.75) is 11.2 Å². The Bertz CT molecular complexity index is 549. The highest BCUT2D eigenvalue weighted by Crippen LogP contribution is 2.25. The lowest BCUT2D eigenvalue weighted by Gasteiger charge is -2.18. The molecule has 0 spiro atoms. The van der Waals surface area contributed by atoms with Crippen LogP contribution in [-0.2, 0) is 19.7 Å². The SMILES string of the molecule is O=C(O)C(c1ccccc1)C(C(=O)O)S(=O)(=O)O. The normalized spacial score (nSPS) is 14.7. The number of carboxylic acid groups (broad SMARTS) is 2. The number of hydrogen-bond donors (Lipinski definition) is 3. The smallest absolute Gasteiger partial charge is 0.325 e. The third-order valence-corrected chi connectivity index (χ3v) is 3.41. The molecule has 0 aliphatic rings. The quantitative estimate of drug-likeness (QED) is 0.654. The van der Waals surface area contributed by atoms with E-state index in [1.54, 1.807) is 6.07 Å². The zero-order valence-electron chi connectivity index (χ0n) is 8.92. The maximum absolute atomic E-state index is 11.1. The molecule has 0 saturated heterocycles. The summed E-state index contributed by atoms with van der Waals surface area (Å²) in [5.74, 6) is -5.45. The van der Waals surface area contributed by atoms with Crippen LogP contribution in [0, 0.1) is 0 Å². The summed E-state index contributed by atoms with van der Waals surface area (Å²) in [5, 5.41) is 15.3. The number of aliphatic carboxylic acids is 2. The molecule has 3 N–H and O–H groups in total. The third-order valence-electron chi connectivity index (χ3n) is 2.29. The molecular weight excluding hydrogens is 264 g/mol. The lowest BCUT2D eigenvalue weighted by molar-refractivity contribution is -0.145. The minimum atomic E-state index is -5.04. The van der Waals surface area contributed by atoms with Crippen LogP contribution < -0.4 is 0 Å². The maximum atomic E-state index is 11.1. The molecule has 0 amide bonds. The number of carboxylic acids is 2. The lowest BCUT2D eigenvalue weighted by atomic mass is 9.95. The molecule has 2 unspecified atom stereocenters. The summed E-state index contributed by atoms with van der Waals surface area (Å²) < 4.78 is 30.9. The van der Waals surface area contributed by atoms with Crippen molar-refractivity contribution in [1.82, 2.24) is 0 Å². The van der Waals surface area contributed by atoms with Crippen molar-refractivity contribution in [1.29, 1.82) is 0 Å². The first kappa shape index (κ1) is 14.1. The predicted octanol–water partition coefficient (Wildman–Crippen LogP) is 0.196. The Morgan fingerprint density at radius 1 is 1.00 bits per heavy atom. The molecule has 0 aliphatic heterocycles. The van der Waals surface area contributed by atoms with Gasteiger partial charge in [0.2, 0.25) is 5.25 Å². The van der Waals surface area contributed by atoms with Crippen LogP contribution in [0.1, 0.15) is 11.5 Å². The summed E-state index contributed by atoms with van der Waals surface area (Å²) >= 11 is 0. The minimum absolute atomic E-state index is 0.0185. The molecule has 0 aromatic heterocycles. The highest BCUT2D eigenvalue weighted by molar-refractivity contribution is 7.87. The van der Waals surface area contributed by atoms with Crippen LogP contribution in [0.5, 0.6) is 0 Å².